The first kappa shape index (κ1) is 12.5. The van der Waals surface area contributed by atoms with Crippen LogP contribution in [-0.2, 0) is 14.3 Å². The summed E-state index contributed by atoms with van der Waals surface area (Å²) in [6.45, 7) is 7.44. The fraction of sp³-hybridized carbons (Fsp3) is 0.556. The summed E-state index contributed by atoms with van der Waals surface area (Å²) in [5.74, 6) is -0.408. The molecule has 0 heterocycles. The molecular formula is C9H15NO4. The molecule has 0 unspecified atom stereocenters. The van der Waals surface area contributed by atoms with Crippen molar-refractivity contribution < 1.29 is 19.1 Å². The number of esters is 1. The van der Waals surface area contributed by atoms with E-state index in [1.807, 2.05) is 13.8 Å². The zero-order chi connectivity index (χ0) is 11.1. The maximum absolute atomic E-state index is 11.1. The lowest BCUT2D eigenvalue weighted by Crippen LogP contribution is -2.28. The van der Waals surface area contributed by atoms with Crippen LogP contribution < -0.4 is 5.32 Å². The van der Waals surface area contributed by atoms with E-state index in [2.05, 4.69) is 16.6 Å². The van der Waals surface area contributed by atoms with E-state index in [1.54, 1.807) is 0 Å². The average Bonchev–Trinajstić information content (AvgIpc) is 2.13. The number of amides is 1. The second-order valence-corrected chi connectivity index (χ2v) is 3.09. The van der Waals surface area contributed by atoms with E-state index in [4.69, 9.17) is 4.74 Å². The minimum absolute atomic E-state index is 0.127. The van der Waals surface area contributed by atoms with Crippen LogP contribution in [0.15, 0.2) is 12.3 Å². The zero-order valence-corrected chi connectivity index (χ0v) is 8.62. The Hall–Kier alpha value is -1.52. The maximum Gasteiger partial charge on any atom is 0.411 e. The Kier molecular flexibility index (Phi) is 5.36. The predicted octanol–water partition coefficient (Wildman–Crippen LogP) is 1.06. The second-order valence-electron chi connectivity index (χ2n) is 3.09. The van der Waals surface area contributed by atoms with Crippen molar-refractivity contribution in [3.63, 3.8) is 0 Å². The molecule has 5 nitrogen and oxygen atoms in total. The number of carbonyl (C=O) groups is 2. The van der Waals surface area contributed by atoms with Crippen molar-refractivity contribution >= 4 is 12.1 Å². The molecule has 5 heteroatoms. The van der Waals surface area contributed by atoms with E-state index < -0.39 is 12.1 Å². The van der Waals surface area contributed by atoms with Crippen LogP contribution in [0.2, 0.25) is 0 Å². The molecule has 0 aliphatic carbocycles. The predicted molar refractivity (Wildman–Crippen MR) is 50.5 cm³/mol. The van der Waals surface area contributed by atoms with E-state index in [0.29, 0.717) is 6.61 Å². The fourth-order valence-electron chi connectivity index (χ4n) is 0.555. The van der Waals surface area contributed by atoms with Crippen molar-refractivity contribution in [3.8, 4) is 0 Å². The molecule has 0 aliphatic heterocycles. The second kappa shape index (κ2) is 6.01. The molecule has 1 N–H and O–H groups in total. The third-order valence-electron chi connectivity index (χ3n) is 1.23. The monoisotopic (exact) mass is 201 g/mol. The van der Waals surface area contributed by atoms with E-state index in [0.717, 1.165) is 0 Å². The van der Waals surface area contributed by atoms with Crippen molar-refractivity contribution in [2.75, 3.05) is 13.7 Å². The van der Waals surface area contributed by atoms with Crippen LogP contribution in [0.4, 0.5) is 4.79 Å². The fourth-order valence-corrected chi connectivity index (χ4v) is 0.555. The van der Waals surface area contributed by atoms with Gasteiger partial charge in [0.2, 0.25) is 0 Å². The number of methoxy groups -OCH3 is 1. The van der Waals surface area contributed by atoms with Crippen LogP contribution >= 0.6 is 0 Å². The molecule has 14 heavy (non-hydrogen) atoms. The van der Waals surface area contributed by atoms with Crippen LogP contribution in [0.3, 0.4) is 0 Å². The number of hydrogen-bond donors (Lipinski definition) is 1. The molecule has 80 valence electrons. The van der Waals surface area contributed by atoms with Crippen LogP contribution in [0, 0.1) is 5.92 Å². The van der Waals surface area contributed by atoms with Gasteiger partial charge in [0.15, 0.2) is 0 Å². The summed E-state index contributed by atoms with van der Waals surface area (Å²) in [5, 5.41) is 2.12. The molecular weight excluding hydrogens is 186 g/mol. The Morgan fingerprint density at radius 1 is 1.43 bits per heavy atom. The first-order valence-corrected chi connectivity index (χ1v) is 4.18. The van der Waals surface area contributed by atoms with E-state index in [1.165, 1.54) is 7.11 Å². The summed E-state index contributed by atoms with van der Waals surface area (Å²) < 4.78 is 9.08. The summed E-state index contributed by atoms with van der Waals surface area (Å²) in [7, 11) is 1.20. The topological polar surface area (TPSA) is 64.6 Å². The van der Waals surface area contributed by atoms with Crippen molar-refractivity contribution in [3.05, 3.63) is 12.3 Å². The highest BCUT2D eigenvalue weighted by atomic mass is 16.5. The number of hydrogen-bond acceptors (Lipinski definition) is 4. The molecule has 0 spiro atoms. The Morgan fingerprint density at radius 3 is 2.43 bits per heavy atom. The van der Waals surface area contributed by atoms with Gasteiger partial charge in [0, 0.05) is 0 Å². The van der Waals surface area contributed by atoms with Gasteiger partial charge >= 0.3 is 12.1 Å². The Labute approximate surface area is 83.1 Å². The summed E-state index contributed by atoms with van der Waals surface area (Å²) >= 11 is 0. The summed E-state index contributed by atoms with van der Waals surface area (Å²) in [5.41, 5.74) is -0.127. The van der Waals surface area contributed by atoms with Gasteiger partial charge in [-0.3, -0.25) is 5.32 Å². The van der Waals surface area contributed by atoms with Gasteiger partial charge in [0.05, 0.1) is 13.7 Å². The quantitative estimate of drug-likeness (QED) is 0.545. The first-order chi connectivity index (χ1) is 6.47. The van der Waals surface area contributed by atoms with E-state index in [-0.39, 0.29) is 11.6 Å². The third-order valence-corrected chi connectivity index (χ3v) is 1.23. The minimum atomic E-state index is -0.739. The van der Waals surface area contributed by atoms with Gasteiger partial charge in [0.25, 0.3) is 0 Å². The van der Waals surface area contributed by atoms with Gasteiger partial charge in [-0.15, -0.1) is 0 Å². The Bertz CT molecular complexity index is 235. The molecule has 0 radical (unpaired) electrons. The van der Waals surface area contributed by atoms with Crippen LogP contribution in [0.25, 0.3) is 0 Å². The number of rotatable bonds is 4. The van der Waals surface area contributed by atoms with Gasteiger partial charge < -0.3 is 9.47 Å². The van der Waals surface area contributed by atoms with Gasteiger partial charge in [-0.2, -0.15) is 0 Å². The molecule has 0 saturated heterocycles. The molecule has 0 aromatic rings. The summed E-state index contributed by atoms with van der Waals surface area (Å²) in [4.78, 5) is 21.8. The molecule has 0 aromatic heterocycles. The molecule has 0 fully saturated rings. The highest BCUT2D eigenvalue weighted by Crippen LogP contribution is 1.96. The number of nitrogens with one attached hydrogen (secondary N) is 1. The lowest BCUT2D eigenvalue weighted by Gasteiger charge is -2.09. The largest absolute Gasteiger partial charge is 0.461 e. The third kappa shape index (κ3) is 5.18. The SMILES string of the molecule is C=C(NC(=O)OC)C(=O)OCC(C)C. The van der Waals surface area contributed by atoms with Crippen molar-refractivity contribution in [2.45, 2.75) is 13.8 Å². The number of alkyl carbamates (subject to hydrolysis) is 1. The molecule has 0 aliphatic rings. The van der Waals surface area contributed by atoms with Crippen LogP contribution in [-0.4, -0.2) is 25.8 Å². The van der Waals surface area contributed by atoms with Crippen molar-refractivity contribution in [1.82, 2.24) is 5.32 Å². The smallest absolute Gasteiger partial charge is 0.411 e. The van der Waals surface area contributed by atoms with Gasteiger partial charge in [-0.05, 0) is 5.92 Å². The maximum atomic E-state index is 11.1. The number of carbonyl (C=O) groups excluding carboxylic acids is 2. The Balaban J connectivity index is 3.88. The van der Waals surface area contributed by atoms with E-state index >= 15 is 0 Å². The zero-order valence-electron chi connectivity index (χ0n) is 8.62. The normalized spacial score (nSPS) is 9.43. The van der Waals surface area contributed by atoms with Crippen molar-refractivity contribution in [2.24, 2.45) is 5.92 Å². The standard InChI is InChI=1S/C9H15NO4/c1-6(2)5-14-8(11)7(3)10-9(12)13-4/h6H,3,5H2,1-2,4H3,(H,10,12). The van der Waals surface area contributed by atoms with Gasteiger partial charge in [-0.1, -0.05) is 20.4 Å². The highest BCUT2D eigenvalue weighted by Gasteiger charge is 2.12. The van der Waals surface area contributed by atoms with Gasteiger partial charge in [-0.25, -0.2) is 9.59 Å². The lowest BCUT2D eigenvalue weighted by atomic mass is 10.2. The molecule has 0 atom stereocenters. The molecule has 1 amide bonds. The molecule has 0 aromatic carbocycles. The molecule has 0 saturated carbocycles. The summed E-state index contributed by atoms with van der Waals surface area (Å²) in [6, 6.07) is 0. The van der Waals surface area contributed by atoms with E-state index in [9.17, 15) is 9.59 Å². The Morgan fingerprint density at radius 2 is 2.00 bits per heavy atom. The highest BCUT2D eigenvalue weighted by molar-refractivity contribution is 5.91. The lowest BCUT2D eigenvalue weighted by molar-refractivity contribution is -0.140. The molecule has 0 rings (SSSR count). The van der Waals surface area contributed by atoms with Gasteiger partial charge in [0.1, 0.15) is 5.70 Å². The van der Waals surface area contributed by atoms with Crippen molar-refractivity contribution in [1.29, 1.82) is 0 Å². The van der Waals surface area contributed by atoms with Crippen LogP contribution in [0.1, 0.15) is 13.8 Å². The average molecular weight is 201 g/mol. The number of ether oxygens (including phenoxy) is 2. The molecule has 0 bridgehead atoms. The minimum Gasteiger partial charge on any atom is -0.461 e. The summed E-state index contributed by atoms with van der Waals surface area (Å²) in [6.07, 6.45) is -0.739. The van der Waals surface area contributed by atoms with Crippen LogP contribution in [0.5, 0.6) is 0 Å². The first-order valence-electron chi connectivity index (χ1n) is 4.18.